The van der Waals surface area contributed by atoms with Crippen molar-refractivity contribution in [2.75, 3.05) is 0 Å². The molecule has 2 rings (SSSR count). The second kappa shape index (κ2) is 5.78. The van der Waals surface area contributed by atoms with E-state index in [9.17, 15) is 4.39 Å². The second-order valence-electron chi connectivity index (χ2n) is 4.55. The molecule has 0 saturated heterocycles. The van der Waals surface area contributed by atoms with E-state index in [1.807, 2.05) is 25.1 Å². The Hall–Kier alpha value is -1.68. The lowest BCUT2D eigenvalue weighted by Gasteiger charge is -2.12. The molecule has 1 heterocycles. The van der Waals surface area contributed by atoms with Crippen LogP contribution in [0.4, 0.5) is 4.39 Å². The van der Waals surface area contributed by atoms with Gasteiger partial charge in [0, 0.05) is 12.1 Å². The number of nitrogens with zero attached hydrogens (tertiary/aromatic N) is 1. The fourth-order valence-electron chi connectivity index (χ4n) is 1.82. The highest BCUT2D eigenvalue weighted by molar-refractivity contribution is 5.17. The number of rotatable bonds is 5. The number of aryl methyl sites for hydroxylation is 1. The Labute approximate surface area is 106 Å². The quantitative estimate of drug-likeness (QED) is 0.884. The Morgan fingerprint density at radius 1 is 1.33 bits per heavy atom. The van der Waals surface area contributed by atoms with Crippen LogP contribution in [0, 0.1) is 12.7 Å². The van der Waals surface area contributed by atoms with Crippen molar-refractivity contribution < 1.29 is 8.91 Å². The first kappa shape index (κ1) is 12.8. The number of hydrogen-bond donors (Lipinski definition) is 1. The van der Waals surface area contributed by atoms with Gasteiger partial charge in [0.2, 0.25) is 0 Å². The standard InChI is InChI=1S/C14H17FN2O/c1-10(7-12-3-5-13(15)6-4-12)16-9-14-8-11(2)17-18-14/h3-6,8,10,16H,7,9H2,1-2H3. The molecule has 1 atom stereocenters. The van der Waals surface area contributed by atoms with Crippen LogP contribution < -0.4 is 5.32 Å². The molecule has 0 aliphatic carbocycles. The molecule has 4 heteroatoms. The minimum Gasteiger partial charge on any atom is -0.360 e. The highest BCUT2D eigenvalue weighted by atomic mass is 19.1. The maximum absolute atomic E-state index is 12.8. The second-order valence-corrected chi connectivity index (χ2v) is 4.55. The first-order chi connectivity index (χ1) is 8.63. The normalized spacial score (nSPS) is 12.6. The monoisotopic (exact) mass is 248 g/mol. The maximum Gasteiger partial charge on any atom is 0.150 e. The average molecular weight is 248 g/mol. The number of aromatic nitrogens is 1. The van der Waals surface area contributed by atoms with Crippen LogP contribution in [0.5, 0.6) is 0 Å². The fourth-order valence-corrected chi connectivity index (χ4v) is 1.82. The van der Waals surface area contributed by atoms with Crippen molar-refractivity contribution in [3.05, 3.63) is 53.2 Å². The third-order valence-electron chi connectivity index (χ3n) is 2.76. The van der Waals surface area contributed by atoms with Crippen LogP contribution >= 0.6 is 0 Å². The zero-order valence-electron chi connectivity index (χ0n) is 10.6. The molecule has 1 N–H and O–H groups in total. The average Bonchev–Trinajstić information content (AvgIpc) is 2.76. The van der Waals surface area contributed by atoms with Gasteiger partial charge in [0.25, 0.3) is 0 Å². The number of benzene rings is 1. The van der Waals surface area contributed by atoms with Gasteiger partial charge in [0.05, 0.1) is 12.2 Å². The summed E-state index contributed by atoms with van der Waals surface area (Å²) in [5.74, 6) is 0.634. The summed E-state index contributed by atoms with van der Waals surface area (Å²) in [5.41, 5.74) is 2.00. The highest BCUT2D eigenvalue weighted by Gasteiger charge is 2.06. The predicted octanol–water partition coefficient (Wildman–Crippen LogP) is 2.84. The van der Waals surface area contributed by atoms with Gasteiger partial charge in [-0.25, -0.2) is 4.39 Å². The van der Waals surface area contributed by atoms with Crippen LogP contribution in [0.3, 0.4) is 0 Å². The van der Waals surface area contributed by atoms with E-state index in [0.29, 0.717) is 12.6 Å². The largest absolute Gasteiger partial charge is 0.360 e. The Balaban J connectivity index is 1.81. The van der Waals surface area contributed by atoms with Gasteiger partial charge in [0.15, 0.2) is 5.76 Å². The molecule has 0 bridgehead atoms. The van der Waals surface area contributed by atoms with Crippen molar-refractivity contribution >= 4 is 0 Å². The van der Waals surface area contributed by atoms with Gasteiger partial charge >= 0.3 is 0 Å². The Kier molecular flexibility index (Phi) is 4.10. The molecule has 0 aliphatic heterocycles. The van der Waals surface area contributed by atoms with Crippen LogP contribution in [0.25, 0.3) is 0 Å². The smallest absolute Gasteiger partial charge is 0.150 e. The van der Waals surface area contributed by atoms with Gasteiger partial charge in [-0.05, 0) is 38.0 Å². The number of nitrogens with one attached hydrogen (secondary N) is 1. The first-order valence-electron chi connectivity index (χ1n) is 6.03. The molecule has 0 saturated carbocycles. The zero-order valence-corrected chi connectivity index (χ0v) is 10.6. The fraction of sp³-hybridized carbons (Fsp3) is 0.357. The molecular formula is C14H17FN2O. The van der Waals surface area contributed by atoms with E-state index in [1.54, 1.807) is 0 Å². The van der Waals surface area contributed by atoms with Crippen LogP contribution in [0.2, 0.25) is 0 Å². The molecule has 1 unspecified atom stereocenters. The molecule has 0 radical (unpaired) electrons. The molecule has 1 aromatic heterocycles. The van der Waals surface area contributed by atoms with Gasteiger partial charge in [-0.3, -0.25) is 0 Å². The van der Waals surface area contributed by atoms with Crippen LogP contribution in [0.15, 0.2) is 34.9 Å². The summed E-state index contributed by atoms with van der Waals surface area (Å²) in [6.07, 6.45) is 0.855. The first-order valence-corrected chi connectivity index (χ1v) is 6.03. The zero-order chi connectivity index (χ0) is 13.0. The third kappa shape index (κ3) is 3.67. The molecule has 0 aliphatic rings. The van der Waals surface area contributed by atoms with Crippen molar-refractivity contribution in [2.45, 2.75) is 32.9 Å². The van der Waals surface area contributed by atoms with Crippen molar-refractivity contribution in [1.82, 2.24) is 10.5 Å². The van der Waals surface area contributed by atoms with Crippen molar-refractivity contribution in [3.8, 4) is 0 Å². The summed E-state index contributed by atoms with van der Waals surface area (Å²) in [4.78, 5) is 0. The molecule has 3 nitrogen and oxygen atoms in total. The summed E-state index contributed by atoms with van der Waals surface area (Å²) < 4.78 is 17.9. The minimum absolute atomic E-state index is 0.198. The summed E-state index contributed by atoms with van der Waals surface area (Å²) in [6, 6.07) is 8.81. The lowest BCUT2D eigenvalue weighted by molar-refractivity contribution is 0.362. The molecule has 0 amide bonds. The molecular weight excluding hydrogens is 231 g/mol. The van der Waals surface area contributed by atoms with Gasteiger partial charge in [0.1, 0.15) is 5.82 Å². The Morgan fingerprint density at radius 3 is 2.67 bits per heavy atom. The number of hydrogen-bond acceptors (Lipinski definition) is 3. The van der Waals surface area contributed by atoms with Gasteiger partial charge in [-0.2, -0.15) is 0 Å². The minimum atomic E-state index is -0.198. The van der Waals surface area contributed by atoms with Gasteiger partial charge in [-0.15, -0.1) is 0 Å². The molecule has 2 aromatic rings. The lowest BCUT2D eigenvalue weighted by Crippen LogP contribution is -2.27. The topological polar surface area (TPSA) is 38.1 Å². The molecule has 0 fully saturated rings. The number of halogens is 1. The molecule has 96 valence electrons. The van der Waals surface area contributed by atoms with Crippen LogP contribution in [-0.2, 0) is 13.0 Å². The van der Waals surface area contributed by atoms with E-state index in [-0.39, 0.29) is 5.82 Å². The SMILES string of the molecule is Cc1cc(CNC(C)Cc2ccc(F)cc2)on1. The van der Waals surface area contributed by atoms with Crippen molar-refractivity contribution in [2.24, 2.45) is 0 Å². The molecule has 1 aromatic carbocycles. The summed E-state index contributed by atoms with van der Waals surface area (Å²) >= 11 is 0. The van der Waals surface area contributed by atoms with E-state index in [0.717, 1.165) is 23.4 Å². The summed E-state index contributed by atoms with van der Waals surface area (Å²) in [7, 11) is 0. The van der Waals surface area contributed by atoms with E-state index < -0.39 is 0 Å². The van der Waals surface area contributed by atoms with E-state index in [4.69, 9.17) is 4.52 Å². The van der Waals surface area contributed by atoms with Crippen LogP contribution in [0.1, 0.15) is 23.9 Å². The predicted molar refractivity (Wildman–Crippen MR) is 67.6 cm³/mol. The van der Waals surface area contributed by atoms with E-state index in [2.05, 4.69) is 17.4 Å². The summed E-state index contributed by atoms with van der Waals surface area (Å²) in [5, 5.41) is 7.18. The molecule has 0 spiro atoms. The van der Waals surface area contributed by atoms with E-state index >= 15 is 0 Å². The highest BCUT2D eigenvalue weighted by Crippen LogP contribution is 2.07. The van der Waals surface area contributed by atoms with Gasteiger partial charge < -0.3 is 9.84 Å². The third-order valence-corrected chi connectivity index (χ3v) is 2.76. The van der Waals surface area contributed by atoms with Crippen molar-refractivity contribution in [3.63, 3.8) is 0 Å². The van der Waals surface area contributed by atoms with Crippen molar-refractivity contribution in [1.29, 1.82) is 0 Å². The Bertz CT molecular complexity index is 493. The maximum atomic E-state index is 12.8. The Morgan fingerprint density at radius 2 is 2.06 bits per heavy atom. The van der Waals surface area contributed by atoms with Gasteiger partial charge in [-0.1, -0.05) is 17.3 Å². The van der Waals surface area contributed by atoms with E-state index in [1.165, 1.54) is 12.1 Å². The lowest BCUT2D eigenvalue weighted by atomic mass is 10.1. The molecule has 18 heavy (non-hydrogen) atoms. The van der Waals surface area contributed by atoms with Crippen LogP contribution in [-0.4, -0.2) is 11.2 Å². The summed E-state index contributed by atoms with van der Waals surface area (Å²) in [6.45, 7) is 4.64.